The molecule has 0 saturated heterocycles. The summed E-state index contributed by atoms with van der Waals surface area (Å²) in [4.78, 5) is 11.7. The van der Waals surface area contributed by atoms with Crippen molar-refractivity contribution >= 4 is 5.91 Å². The van der Waals surface area contributed by atoms with Crippen LogP contribution >= 0.6 is 0 Å². The molecule has 4 nitrogen and oxygen atoms in total. The lowest BCUT2D eigenvalue weighted by Gasteiger charge is -2.17. The fourth-order valence-electron chi connectivity index (χ4n) is 1.49. The highest BCUT2D eigenvalue weighted by atomic mass is 16.5. The fraction of sp³-hybridized carbons (Fsp3) is 0.500. The zero-order valence-electron chi connectivity index (χ0n) is 11.1. The molecular formula is C14H22N2O2. The topological polar surface area (TPSA) is 64.4 Å². The van der Waals surface area contributed by atoms with Gasteiger partial charge in [-0.25, -0.2) is 0 Å². The zero-order valence-corrected chi connectivity index (χ0v) is 11.1. The molecule has 0 saturated carbocycles. The number of para-hydroxylation sites is 1. The molecule has 0 bridgehead atoms. The molecule has 0 fully saturated rings. The van der Waals surface area contributed by atoms with E-state index in [0.29, 0.717) is 13.2 Å². The summed E-state index contributed by atoms with van der Waals surface area (Å²) in [7, 11) is 0. The molecule has 0 spiro atoms. The van der Waals surface area contributed by atoms with E-state index in [9.17, 15) is 4.79 Å². The molecule has 100 valence electrons. The monoisotopic (exact) mass is 250 g/mol. The normalized spacial score (nSPS) is 13.7. The van der Waals surface area contributed by atoms with E-state index in [0.717, 1.165) is 12.2 Å². The molecule has 0 aromatic heterocycles. The van der Waals surface area contributed by atoms with Crippen molar-refractivity contribution in [3.8, 4) is 5.75 Å². The van der Waals surface area contributed by atoms with Gasteiger partial charge in [0.15, 0.2) is 0 Å². The summed E-state index contributed by atoms with van der Waals surface area (Å²) in [5, 5.41) is 2.78. The van der Waals surface area contributed by atoms with Crippen molar-refractivity contribution in [3.05, 3.63) is 30.3 Å². The van der Waals surface area contributed by atoms with E-state index in [1.807, 2.05) is 44.2 Å². The van der Waals surface area contributed by atoms with Gasteiger partial charge in [-0.3, -0.25) is 4.79 Å². The average molecular weight is 250 g/mol. The second-order valence-electron chi connectivity index (χ2n) is 4.36. The van der Waals surface area contributed by atoms with Gasteiger partial charge >= 0.3 is 0 Å². The molecule has 0 aliphatic rings. The number of carbonyl (C=O) groups excluding carboxylic acids is 1. The van der Waals surface area contributed by atoms with Gasteiger partial charge in [-0.05, 0) is 18.1 Å². The van der Waals surface area contributed by atoms with Crippen molar-refractivity contribution < 1.29 is 9.53 Å². The Morgan fingerprint density at radius 3 is 2.67 bits per heavy atom. The first-order valence-corrected chi connectivity index (χ1v) is 6.36. The largest absolute Gasteiger partial charge is 0.492 e. The van der Waals surface area contributed by atoms with E-state index in [2.05, 4.69) is 5.32 Å². The maximum absolute atomic E-state index is 11.7. The fourth-order valence-corrected chi connectivity index (χ4v) is 1.49. The number of nitrogens with two attached hydrogens (primary N) is 1. The smallest absolute Gasteiger partial charge is 0.237 e. The van der Waals surface area contributed by atoms with E-state index in [1.54, 1.807) is 0 Å². The van der Waals surface area contributed by atoms with Crippen LogP contribution in [0.3, 0.4) is 0 Å². The van der Waals surface area contributed by atoms with Crippen molar-refractivity contribution in [1.82, 2.24) is 5.32 Å². The van der Waals surface area contributed by atoms with E-state index in [1.165, 1.54) is 0 Å². The third-order valence-electron chi connectivity index (χ3n) is 2.97. The second kappa shape index (κ2) is 7.71. The first-order valence-electron chi connectivity index (χ1n) is 6.36. The van der Waals surface area contributed by atoms with Crippen LogP contribution in [0.15, 0.2) is 30.3 Å². The number of hydrogen-bond donors (Lipinski definition) is 2. The molecule has 1 rings (SSSR count). The highest BCUT2D eigenvalue weighted by Gasteiger charge is 2.18. The molecule has 0 radical (unpaired) electrons. The van der Waals surface area contributed by atoms with Crippen molar-refractivity contribution in [2.24, 2.45) is 11.7 Å². The Labute approximate surface area is 109 Å². The Balaban J connectivity index is 2.20. The van der Waals surface area contributed by atoms with Crippen LogP contribution in [0.5, 0.6) is 5.75 Å². The predicted octanol–water partition coefficient (Wildman–Crippen LogP) is 1.55. The molecule has 4 heteroatoms. The van der Waals surface area contributed by atoms with Crippen LogP contribution in [0.1, 0.15) is 20.3 Å². The van der Waals surface area contributed by atoms with Crippen LogP contribution in [0.4, 0.5) is 0 Å². The third kappa shape index (κ3) is 4.75. The van der Waals surface area contributed by atoms with E-state index >= 15 is 0 Å². The minimum Gasteiger partial charge on any atom is -0.492 e. The van der Waals surface area contributed by atoms with Crippen LogP contribution in [0.25, 0.3) is 0 Å². The van der Waals surface area contributed by atoms with E-state index < -0.39 is 6.04 Å². The molecule has 0 aliphatic heterocycles. The van der Waals surface area contributed by atoms with Gasteiger partial charge in [0.2, 0.25) is 5.91 Å². The molecule has 1 amide bonds. The number of amides is 1. The number of hydrogen-bond acceptors (Lipinski definition) is 3. The molecule has 18 heavy (non-hydrogen) atoms. The lowest BCUT2D eigenvalue weighted by atomic mass is 9.99. The highest BCUT2D eigenvalue weighted by Crippen LogP contribution is 2.07. The standard InChI is InChI=1S/C14H22N2O2/c1-3-11(2)13(15)14(17)16-9-10-18-12-7-5-4-6-8-12/h4-8,11,13H,3,9-10,15H2,1-2H3,(H,16,17)/t11?,13-/m0/s1. The Morgan fingerprint density at radius 2 is 2.06 bits per heavy atom. The number of rotatable bonds is 7. The Morgan fingerprint density at radius 1 is 1.39 bits per heavy atom. The number of ether oxygens (including phenoxy) is 1. The van der Waals surface area contributed by atoms with Crippen LogP contribution in [0, 0.1) is 5.92 Å². The minimum absolute atomic E-state index is 0.110. The number of benzene rings is 1. The molecule has 0 heterocycles. The summed E-state index contributed by atoms with van der Waals surface area (Å²) >= 11 is 0. The van der Waals surface area contributed by atoms with E-state index in [4.69, 9.17) is 10.5 Å². The first kappa shape index (κ1) is 14.5. The first-order chi connectivity index (χ1) is 8.65. The van der Waals surface area contributed by atoms with E-state index in [-0.39, 0.29) is 11.8 Å². The molecule has 1 aromatic carbocycles. The van der Waals surface area contributed by atoms with Crippen LogP contribution in [-0.4, -0.2) is 25.1 Å². The van der Waals surface area contributed by atoms with Gasteiger partial charge in [0.05, 0.1) is 12.6 Å². The Kier molecular flexibility index (Phi) is 6.22. The van der Waals surface area contributed by atoms with Gasteiger partial charge in [-0.2, -0.15) is 0 Å². The van der Waals surface area contributed by atoms with Crippen molar-refractivity contribution in [3.63, 3.8) is 0 Å². The number of carbonyl (C=O) groups is 1. The molecule has 2 atom stereocenters. The number of nitrogens with one attached hydrogen (secondary N) is 1. The molecule has 0 aliphatic carbocycles. The van der Waals surface area contributed by atoms with Gasteiger partial charge in [-0.15, -0.1) is 0 Å². The summed E-state index contributed by atoms with van der Waals surface area (Å²) in [5.41, 5.74) is 5.81. The van der Waals surface area contributed by atoms with Crippen LogP contribution in [-0.2, 0) is 4.79 Å². The maximum atomic E-state index is 11.7. The SMILES string of the molecule is CCC(C)[C@H](N)C(=O)NCCOc1ccccc1. The third-order valence-corrected chi connectivity index (χ3v) is 2.97. The van der Waals surface area contributed by atoms with Crippen LogP contribution in [0.2, 0.25) is 0 Å². The van der Waals surface area contributed by atoms with Gasteiger partial charge in [-0.1, -0.05) is 38.5 Å². The lowest BCUT2D eigenvalue weighted by molar-refractivity contribution is -0.123. The van der Waals surface area contributed by atoms with Gasteiger partial charge < -0.3 is 15.8 Å². The Hall–Kier alpha value is -1.55. The predicted molar refractivity (Wildman–Crippen MR) is 72.4 cm³/mol. The van der Waals surface area contributed by atoms with Gasteiger partial charge in [0.1, 0.15) is 12.4 Å². The Bertz CT molecular complexity index is 354. The maximum Gasteiger partial charge on any atom is 0.237 e. The van der Waals surface area contributed by atoms with Gasteiger partial charge in [0.25, 0.3) is 0 Å². The molecule has 1 aromatic rings. The summed E-state index contributed by atoms with van der Waals surface area (Å²) in [5.74, 6) is 0.888. The molecular weight excluding hydrogens is 228 g/mol. The lowest BCUT2D eigenvalue weighted by Crippen LogP contribution is -2.45. The van der Waals surface area contributed by atoms with Gasteiger partial charge in [0, 0.05) is 0 Å². The highest BCUT2D eigenvalue weighted by molar-refractivity contribution is 5.81. The van der Waals surface area contributed by atoms with Crippen LogP contribution < -0.4 is 15.8 Å². The molecule has 3 N–H and O–H groups in total. The summed E-state index contributed by atoms with van der Waals surface area (Å²) in [6, 6.07) is 9.07. The van der Waals surface area contributed by atoms with Crippen molar-refractivity contribution in [1.29, 1.82) is 0 Å². The summed E-state index contributed by atoms with van der Waals surface area (Å²) in [6.07, 6.45) is 0.898. The summed E-state index contributed by atoms with van der Waals surface area (Å²) in [6.45, 7) is 4.92. The minimum atomic E-state index is -0.438. The molecule has 1 unspecified atom stereocenters. The average Bonchev–Trinajstić information content (AvgIpc) is 2.42. The van der Waals surface area contributed by atoms with Crippen molar-refractivity contribution in [2.45, 2.75) is 26.3 Å². The second-order valence-corrected chi connectivity index (χ2v) is 4.36. The quantitative estimate of drug-likeness (QED) is 0.722. The summed E-state index contributed by atoms with van der Waals surface area (Å²) < 4.78 is 5.47. The zero-order chi connectivity index (χ0) is 13.4. The van der Waals surface area contributed by atoms with Crippen molar-refractivity contribution in [2.75, 3.05) is 13.2 Å².